The van der Waals surface area contributed by atoms with Crippen molar-refractivity contribution in [2.75, 3.05) is 0 Å². The molecule has 106 heavy (non-hydrogen) atoms. The monoisotopic (exact) mass is 1410 g/mol. The van der Waals surface area contributed by atoms with Crippen molar-refractivity contribution in [2.45, 2.75) is 0 Å². The highest BCUT2D eigenvalue weighted by Crippen LogP contribution is 2.46. The van der Waals surface area contributed by atoms with Gasteiger partial charge in [0.1, 0.15) is 43.5 Å². The van der Waals surface area contributed by atoms with E-state index in [9.17, 15) is 0 Å². The van der Waals surface area contributed by atoms with E-state index in [0.29, 0.717) is 34.9 Å². The third-order valence-corrected chi connectivity index (χ3v) is 23.0. The molecule has 8 heterocycles. The number of benzene rings is 14. The quantitative estimate of drug-likeness (QED) is 0.129. The molecule has 0 fully saturated rings. The molecule has 0 aliphatic carbocycles. The summed E-state index contributed by atoms with van der Waals surface area (Å²) < 4.78 is 24.4. The number of rotatable bonds is 10. The van der Waals surface area contributed by atoms with Gasteiger partial charge < -0.3 is 13.3 Å². The molecule has 0 amide bonds. The molecular weight excluding hydrogens is 1360 g/mol. The maximum absolute atomic E-state index is 6.70. The molecule has 0 saturated carbocycles. The number of thiophene rings is 1. The molecule has 0 atom stereocenters. The van der Waals surface area contributed by atoms with Gasteiger partial charge in [-0.05, 0) is 71.8 Å². The van der Waals surface area contributed by atoms with E-state index >= 15 is 0 Å². The minimum absolute atomic E-state index is 0.567. The molecule has 0 unspecified atom stereocenters. The number of hydrogen-bond acceptors (Lipinski definition) is 14. The predicted molar refractivity (Wildman–Crippen MR) is 435 cm³/mol. The highest BCUT2D eigenvalue weighted by molar-refractivity contribution is 7.26. The minimum atomic E-state index is 0.567. The Morgan fingerprint density at radius 3 is 1.05 bits per heavy atom. The Labute approximate surface area is 616 Å². The SMILES string of the molecule is c1ccc(-c2nc(-c3cccc4c3sc3ccccc34)nc(-c3cccc4oc5c(-c6ccc(-c7nc8ccccc8s7)cc6)cccc5c34)n2)cc1.c1ccc(-c2nc(-c3cccc4oc5ccccc5c34)nc(-c3cccc4oc5c(-c6ccc(-c7nc8ccccc8s7)cc6)cccc5c34)n2)cc1. The summed E-state index contributed by atoms with van der Waals surface area (Å²) in [5.41, 5.74) is 18.7. The van der Waals surface area contributed by atoms with Gasteiger partial charge in [-0.1, -0.05) is 255 Å². The molecule has 0 radical (unpaired) electrons. The van der Waals surface area contributed by atoms with Gasteiger partial charge in [0.05, 0.1) is 20.4 Å². The number of aromatic nitrogens is 8. The molecule has 22 aromatic rings. The van der Waals surface area contributed by atoms with Crippen molar-refractivity contribution in [2.24, 2.45) is 0 Å². The van der Waals surface area contributed by atoms with Crippen LogP contribution >= 0.6 is 34.0 Å². The van der Waals surface area contributed by atoms with E-state index in [4.69, 9.17) is 53.1 Å². The van der Waals surface area contributed by atoms with Crippen LogP contribution in [0.5, 0.6) is 0 Å². The summed E-state index contributed by atoms with van der Waals surface area (Å²) in [5.74, 6) is 3.61. The summed E-state index contributed by atoms with van der Waals surface area (Å²) in [6, 6.07) is 108. The Kier molecular flexibility index (Phi) is 14.5. The van der Waals surface area contributed by atoms with Crippen molar-refractivity contribution in [3.63, 3.8) is 0 Å². The van der Waals surface area contributed by atoms with Gasteiger partial charge in [0.2, 0.25) is 0 Å². The standard InChI is InChI=1S/C46H26N4O2S.C46H26N4OS2/c1-2-11-28(12-3-1)43-48-44(33-16-9-20-37-40(33)31-13-4-6-19-36(31)51-37)50-45(49-43)34-17-10-21-38-41(34)32-15-8-14-30(42(32)52-38)27-23-25-29(26-24-27)46-47-35-18-5-7-22-39(35)53-46;1-2-11-28(12-3-1)43-48-44(50-45(49-43)35-18-9-15-32-31-13-4-6-21-38(31)52-42(32)35)34-17-10-20-37-40(34)33-16-8-14-30(41(33)51-37)27-23-25-29(26-24-27)46-47-36-19-5-7-22-39(36)53-46/h2*1-26H. The third-order valence-electron chi connectivity index (χ3n) is 19.6. The maximum Gasteiger partial charge on any atom is 0.165 e. The van der Waals surface area contributed by atoms with Crippen LogP contribution in [0.3, 0.4) is 0 Å². The molecular formula is C92H52N8O3S3. The van der Waals surface area contributed by atoms with Gasteiger partial charge in [-0.15, -0.1) is 34.0 Å². The molecule has 0 saturated heterocycles. The van der Waals surface area contributed by atoms with E-state index in [1.54, 1.807) is 34.0 Å². The number of thiazole rings is 2. The highest BCUT2D eigenvalue weighted by atomic mass is 32.1. The highest BCUT2D eigenvalue weighted by Gasteiger charge is 2.25. The normalized spacial score (nSPS) is 11.8. The second-order valence-electron chi connectivity index (χ2n) is 26.0. The number of fused-ring (bicyclic) bond motifs is 14. The van der Waals surface area contributed by atoms with E-state index in [1.807, 2.05) is 127 Å². The Balaban J connectivity index is 0.000000136. The van der Waals surface area contributed by atoms with Crippen LogP contribution in [0.25, 0.3) is 218 Å². The lowest BCUT2D eigenvalue weighted by Crippen LogP contribution is -2.00. The first-order valence-electron chi connectivity index (χ1n) is 34.8. The van der Waals surface area contributed by atoms with Gasteiger partial charge in [0.15, 0.2) is 34.9 Å². The van der Waals surface area contributed by atoms with Crippen molar-refractivity contribution in [1.82, 2.24) is 39.9 Å². The van der Waals surface area contributed by atoms with Gasteiger partial charge in [-0.3, -0.25) is 0 Å². The molecule has 0 aliphatic heterocycles. The average molecular weight is 1410 g/mol. The van der Waals surface area contributed by atoms with Crippen molar-refractivity contribution in [3.8, 4) is 112 Å². The average Bonchev–Trinajstić information content (AvgIpc) is 1.56. The van der Waals surface area contributed by atoms with E-state index in [1.165, 1.54) is 24.9 Å². The molecule has 11 nitrogen and oxygen atoms in total. The van der Waals surface area contributed by atoms with Crippen LogP contribution in [0.1, 0.15) is 0 Å². The Morgan fingerprint density at radius 1 is 0.198 bits per heavy atom. The van der Waals surface area contributed by atoms with Crippen molar-refractivity contribution in [3.05, 3.63) is 315 Å². The van der Waals surface area contributed by atoms with Gasteiger partial charge >= 0.3 is 0 Å². The summed E-state index contributed by atoms with van der Waals surface area (Å²) >= 11 is 5.19. The second kappa shape index (κ2) is 25.2. The summed E-state index contributed by atoms with van der Waals surface area (Å²) in [7, 11) is 0. The summed E-state index contributed by atoms with van der Waals surface area (Å²) in [6.45, 7) is 0. The zero-order valence-electron chi connectivity index (χ0n) is 56.0. The smallest absolute Gasteiger partial charge is 0.165 e. The minimum Gasteiger partial charge on any atom is -0.456 e. The molecule has 0 aliphatic rings. The molecule has 14 aromatic carbocycles. The molecule has 8 aromatic heterocycles. The van der Waals surface area contributed by atoms with Crippen molar-refractivity contribution in [1.29, 1.82) is 0 Å². The van der Waals surface area contributed by atoms with Crippen LogP contribution in [-0.2, 0) is 0 Å². The number of furan rings is 3. The topological polar surface area (TPSA) is 143 Å². The van der Waals surface area contributed by atoms with Gasteiger partial charge in [-0.25, -0.2) is 39.9 Å². The number of nitrogens with zero attached hydrogens (tertiary/aromatic N) is 8. The van der Waals surface area contributed by atoms with Gasteiger partial charge in [-0.2, -0.15) is 0 Å². The predicted octanol–water partition coefficient (Wildman–Crippen LogP) is 25.7. The molecule has 22 rings (SSSR count). The van der Waals surface area contributed by atoms with Crippen molar-refractivity contribution < 1.29 is 13.3 Å². The Hall–Kier alpha value is -13.5. The number of para-hydroxylation sites is 5. The van der Waals surface area contributed by atoms with E-state index in [0.717, 1.165) is 158 Å². The number of hydrogen-bond donors (Lipinski definition) is 0. The molecule has 0 spiro atoms. The lowest BCUT2D eigenvalue weighted by molar-refractivity contribution is 0.669. The Bertz CT molecular complexity index is 7150. The van der Waals surface area contributed by atoms with Gasteiger partial charge in [0.25, 0.3) is 0 Å². The van der Waals surface area contributed by atoms with Crippen LogP contribution in [0.2, 0.25) is 0 Å². The Morgan fingerprint density at radius 2 is 0.547 bits per heavy atom. The van der Waals surface area contributed by atoms with Gasteiger partial charge in [0, 0.05) is 108 Å². The molecule has 0 bridgehead atoms. The summed E-state index contributed by atoms with van der Waals surface area (Å²) in [4.78, 5) is 40.6. The first-order valence-corrected chi connectivity index (χ1v) is 37.2. The molecule has 14 heteroatoms. The van der Waals surface area contributed by atoms with Crippen LogP contribution in [0.15, 0.2) is 329 Å². The van der Waals surface area contributed by atoms with Crippen molar-refractivity contribution >= 4 is 140 Å². The summed E-state index contributed by atoms with van der Waals surface area (Å²) in [5, 5.41) is 10.4. The molecule has 0 N–H and O–H groups in total. The zero-order chi connectivity index (χ0) is 69.8. The first-order chi connectivity index (χ1) is 52.5. The largest absolute Gasteiger partial charge is 0.456 e. The van der Waals surface area contributed by atoms with Crippen LogP contribution in [0.4, 0.5) is 0 Å². The lowest BCUT2D eigenvalue weighted by Gasteiger charge is -2.10. The van der Waals surface area contributed by atoms with Crippen LogP contribution in [-0.4, -0.2) is 39.9 Å². The third kappa shape index (κ3) is 10.5. The fourth-order valence-corrected chi connectivity index (χ4v) is 17.8. The van der Waals surface area contributed by atoms with Crippen LogP contribution in [0, 0.1) is 0 Å². The van der Waals surface area contributed by atoms with Crippen LogP contribution < -0.4 is 0 Å². The van der Waals surface area contributed by atoms with E-state index in [2.05, 4.69) is 188 Å². The van der Waals surface area contributed by atoms with E-state index in [-0.39, 0.29) is 0 Å². The fraction of sp³-hybridized carbons (Fsp3) is 0. The zero-order valence-corrected chi connectivity index (χ0v) is 58.5. The first kappa shape index (κ1) is 61.2. The molecule has 496 valence electrons. The second-order valence-corrected chi connectivity index (χ2v) is 29.1. The summed E-state index contributed by atoms with van der Waals surface area (Å²) in [6.07, 6.45) is 0. The fourth-order valence-electron chi connectivity index (χ4n) is 14.6. The van der Waals surface area contributed by atoms with E-state index < -0.39 is 0 Å². The maximum atomic E-state index is 6.70. The lowest BCUT2D eigenvalue weighted by atomic mass is 9.99.